The molecule has 0 heterocycles. The molecule has 0 aliphatic carbocycles. The molecule has 3 heteroatoms. The predicted molar refractivity (Wildman–Crippen MR) is 51.5 cm³/mol. The summed E-state index contributed by atoms with van der Waals surface area (Å²) in [7, 11) is 0. The first-order valence-corrected chi connectivity index (χ1v) is 3.86. The van der Waals surface area contributed by atoms with Crippen molar-refractivity contribution in [3.8, 4) is 0 Å². The molecule has 0 rings (SSSR count). The summed E-state index contributed by atoms with van der Waals surface area (Å²) in [5, 5.41) is 2.56. The van der Waals surface area contributed by atoms with Crippen molar-refractivity contribution in [1.82, 2.24) is 5.32 Å². The largest absolute Gasteiger partial charge is 0.341 e. The van der Waals surface area contributed by atoms with Crippen LogP contribution in [0, 0.1) is 0 Å². The molecule has 0 fully saturated rings. The highest BCUT2D eigenvalue weighted by atomic mass is 16.2. The summed E-state index contributed by atoms with van der Waals surface area (Å²) in [6.07, 6.45) is 5.07. The summed E-state index contributed by atoms with van der Waals surface area (Å²) in [4.78, 5) is 14.6. The van der Waals surface area contributed by atoms with Crippen LogP contribution in [0.1, 0.15) is 13.8 Å². The van der Waals surface area contributed by atoms with Crippen molar-refractivity contribution in [3.05, 3.63) is 24.8 Å². The SMILES string of the molecule is C=CC(/C=C\C)=NC(=O)NCC. The van der Waals surface area contributed by atoms with Crippen LogP contribution in [0.5, 0.6) is 0 Å². The van der Waals surface area contributed by atoms with Gasteiger partial charge in [-0.1, -0.05) is 12.7 Å². The highest BCUT2D eigenvalue weighted by Crippen LogP contribution is 1.85. The molecule has 2 amide bonds. The zero-order valence-electron chi connectivity index (χ0n) is 7.50. The fraction of sp³-hybridized carbons (Fsp3) is 0.333. The van der Waals surface area contributed by atoms with Crippen molar-refractivity contribution in [2.24, 2.45) is 4.99 Å². The van der Waals surface area contributed by atoms with Crippen LogP contribution in [0.25, 0.3) is 0 Å². The van der Waals surface area contributed by atoms with Crippen LogP contribution in [0.4, 0.5) is 4.79 Å². The van der Waals surface area contributed by atoms with Gasteiger partial charge < -0.3 is 5.32 Å². The second kappa shape index (κ2) is 6.34. The molecular weight excluding hydrogens is 152 g/mol. The van der Waals surface area contributed by atoms with E-state index in [0.29, 0.717) is 12.3 Å². The molecule has 0 atom stereocenters. The first kappa shape index (κ1) is 10.6. The molecule has 12 heavy (non-hydrogen) atoms. The lowest BCUT2D eigenvalue weighted by molar-refractivity contribution is 0.250. The maximum absolute atomic E-state index is 10.9. The molecule has 0 bridgehead atoms. The lowest BCUT2D eigenvalue weighted by atomic mass is 10.3. The zero-order valence-corrected chi connectivity index (χ0v) is 7.50. The first-order valence-electron chi connectivity index (χ1n) is 3.86. The Kier molecular flexibility index (Phi) is 5.61. The average molecular weight is 166 g/mol. The molecule has 0 aromatic carbocycles. The van der Waals surface area contributed by atoms with Gasteiger partial charge in [-0.25, -0.2) is 4.79 Å². The smallest absolute Gasteiger partial charge is 0.336 e. The lowest BCUT2D eigenvalue weighted by Crippen LogP contribution is -2.19. The fourth-order valence-corrected chi connectivity index (χ4v) is 0.630. The quantitative estimate of drug-likeness (QED) is 0.639. The molecule has 0 aliphatic rings. The van der Waals surface area contributed by atoms with E-state index in [0.717, 1.165) is 0 Å². The summed E-state index contributed by atoms with van der Waals surface area (Å²) in [5.41, 5.74) is 0.573. The number of carbonyl (C=O) groups excluding carboxylic acids is 1. The van der Waals surface area contributed by atoms with Gasteiger partial charge in [0, 0.05) is 6.54 Å². The average Bonchev–Trinajstić information content (AvgIpc) is 2.04. The number of carbonyl (C=O) groups is 1. The van der Waals surface area contributed by atoms with Crippen molar-refractivity contribution in [1.29, 1.82) is 0 Å². The van der Waals surface area contributed by atoms with Crippen molar-refractivity contribution in [3.63, 3.8) is 0 Å². The van der Waals surface area contributed by atoms with E-state index >= 15 is 0 Å². The Labute approximate surface area is 72.9 Å². The van der Waals surface area contributed by atoms with E-state index in [1.807, 2.05) is 13.8 Å². The molecule has 1 N–H and O–H groups in total. The van der Waals surface area contributed by atoms with Crippen LogP contribution < -0.4 is 5.32 Å². The molecule has 3 nitrogen and oxygen atoms in total. The van der Waals surface area contributed by atoms with Gasteiger partial charge in [-0.05, 0) is 26.0 Å². The van der Waals surface area contributed by atoms with Crippen LogP contribution in [0.2, 0.25) is 0 Å². The van der Waals surface area contributed by atoms with Gasteiger partial charge >= 0.3 is 6.03 Å². The van der Waals surface area contributed by atoms with E-state index in [2.05, 4.69) is 16.9 Å². The molecule has 0 radical (unpaired) electrons. The Hall–Kier alpha value is -1.38. The van der Waals surface area contributed by atoms with E-state index in [-0.39, 0.29) is 6.03 Å². The first-order chi connectivity index (χ1) is 5.74. The number of nitrogens with one attached hydrogen (secondary N) is 1. The molecule has 66 valence electrons. The summed E-state index contributed by atoms with van der Waals surface area (Å²) >= 11 is 0. The van der Waals surface area contributed by atoms with Crippen LogP contribution in [-0.2, 0) is 0 Å². The number of hydrogen-bond donors (Lipinski definition) is 1. The van der Waals surface area contributed by atoms with Crippen molar-refractivity contribution < 1.29 is 4.79 Å². The van der Waals surface area contributed by atoms with E-state index in [1.54, 1.807) is 12.2 Å². The Morgan fingerprint density at radius 1 is 1.67 bits per heavy atom. The summed E-state index contributed by atoms with van der Waals surface area (Å²) in [5.74, 6) is 0. The van der Waals surface area contributed by atoms with E-state index in [9.17, 15) is 4.79 Å². The standard InChI is InChI=1S/C9H14N2O/c1-4-7-8(5-2)11-9(12)10-6-3/h4-5,7H,2,6H2,1,3H3,(H,10,12)/b7-4-,11-8?. The molecule has 0 saturated heterocycles. The topological polar surface area (TPSA) is 41.5 Å². The second-order valence-electron chi connectivity index (χ2n) is 2.08. The van der Waals surface area contributed by atoms with Crippen molar-refractivity contribution in [2.75, 3.05) is 6.54 Å². The third-order valence-electron chi connectivity index (χ3n) is 1.11. The van der Waals surface area contributed by atoms with Gasteiger partial charge in [0.1, 0.15) is 0 Å². The number of allylic oxidation sites excluding steroid dienone is 3. The van der Waals surface area contributed by atoms with Crippen molar-refractivity contribution in [2.45, 2.75) is 13.8 Å². The van der Waals surface area contributed by atoms with Gasteiger partial charge in [0.05, 0.1) is 5.71 Å². The molecule has 0 aliphatic heterocycles. The third-order valence-corrected chi connectivity index (χ3v) is 1.11. The Balaban J connectivity index is 4.27. The number of hydrogen-bond acceptors (Lipinski definition) is 1. The van der Waals surface area contributed by atoms with Gasteiger partial charge in [0.15, 0.2) is 0 Å². The minimum atomic E-state index is -0.328. The normalized spacial score (nSPS) is 11.7. The number of aliphatic imine (C=N–C) groups is 1. The van der Waals surface area contributed by atoms with E-state index in [1.165, 1.54) is 6.08 Å². The highest BCUT2D eigenvalue weighted by molar-refractivity contribution is 6.08. The van der Waals surface area contributed by atoms with E-state index in [4.69, 9.17) is 0 Å². The fourth-order valence-electron chi connectivity index (χ4n) is 0.630. The van der Waals surface area contributed by atoms with Gasteiger partial charge in [-0.3, -0.25) is 0 Å². The minimum absolute atomic E-state index is 0.328. The molecule has 0 saturated carbocycles. The van der Waals surface area contributed by atoms with Gasteiger partial charge in [0.25, 0.3) is 0 Å². The maximum Gasteiger partial charge on any atom is 0.341 e. The van der Waals surface area contributed by atoms with Gasteiger partial charge in [-0.15, -0.1) is 0 Å². The summed E-state index contributed by atoms with van der Waals surface area (Å²) in [6.45, 7) is 7.82. The minimum Gasteiger partial charge on any atom is -0.336 e. The molecule has 0 aromatic heterocycles. The Morgan fingerprint density at radius 3 is 2.75 bits per heavy atom. The number of urea groups is 1. The van der Waals surface area contributed by atoms with Gasteiger partial charge in [-0.2, -0.15) is 4.99 Å². The monoisotopic (exact) mass is 166 g/mol. The molecule has 0 aromatic rings. The lowest BCUT2D eigenvalue weighted by Gasteiger charge is -1.95. The number of amides is 2. The van der Waals surface area contributed by atoms with Crippen LogP contribution in [0.3, 0.4) is 0 Å². The van der Waals surface area contributed by atoms with Gasteiger partial charge in [0.2, 0.25) is 0 Å². The highest BCUT2D eigenvalue weighted by Gasteiger charge is 1.94. The Bertz CT molecular complexity index is 217. The molecule has 0 spiro atoms. The molecule has 0 unspecified atom stereocenters. The zero-order chi connectivity index (χ0) is 9.40. The predicted octanol–water partition coefficient (Wildman–Crippen LogP) is 1.92. The maximum atomic E-state index is 10.9. The van der Waals surface area contributed by atoms with Crippen LogP contribution in [-0.4, -0.2) is 18.3 Å². The number of nitrogens with zero attached hydrogens (tertiary/aromatic N) is 1. The van der Waals surface area contributed by atoms with Crippen LogP contribution in [0.15, 0.2) is 29.8 Å². The Morgan fingerprint density at radius 2 is 2.33 bits per heavy atom. The number of rotatable bonds is 3. The van der Waals surface area contributed by atoms with Crippen LogP contribution >= 0.6 is 0 Å². The summed E-state index contributed by atoms with van der Waals surface area (Å²) in [6, 6.07) is -0.328. The molecular formula is C9H14N2O. The van der Waals surface area contributed by atoms with E-state index < -0.39 is 0 Å². The van der Waals surface area contributed by atoms with Crippen molar-refractivity contribution >= 4 is 11.7 Å². The second-order valence-corrected chi connectivity index (χ2v) is 2.08. The third kappa shape index (κ3) is 4.44. The summed E-state index contributed by atoms with van der Waals surface area (Å²) < 4.78 is 0.